The number of nitrogens with one attached hydrogen (secondary N) is 1. The van der Waals surface area contributed by atoms with E-state index in [1.54, 1.807) is 0 Å². The molecule has 1 aliphatic rings. The second-order valence-corrected chi connectivity index (χ2v) is 8.61. The van der Waals surface area contributed by atoms with Gasteiger partial charge in [0.05, 0.1) is 45.4 Å². The molecule has 0 aliphatic heterocycles. The Morgan fingerprint density at radius 3 is 2.78 bits per heavy atom. The number of fused-ring (bicyclic) bond motifs is 1. The predicted molar refractivity (Wildman–Crippen MR) is 124 cm³/mol. The monoisotopic (exact) mass is 515 g/mol. The lowest BCUT2D eigenvalue weighted by Crippen LogP contribution is -2.16. The van der Waals surface area contributed by atoms with E-state index in [9.17, 15) is 18.8 Å². The number of pyridine rings is 1. The van der Waals surface area contributed by atoms with Crippen LogP contribution < -0.4 is 16.0 Å². The normalized spacial score (nSPS) is 13.4. The van der Waals surface area contributed by atoms with E-state index in [1.807, 2.05) is 6.07 Å². The summed E-state index contributed by atoms with van der Waals surface area (Å²) in [5, 5.41) is 19.5. The number of halogens is 4. The Labute approximate surface area is 206 Å². The molecule has 0 saturated heterocycles. The fourth-order valence-corrected chi connectivity index (χ4v) is 4.23. The van der Waals surface area contributed by atoms with Gasteiger partial charge in [0.25, 0.3) is 12.0 Å². The van der Waals surface area contributed by atoms with Crippen molar-refractivity contribution in [2.24, 2.45) is 12.8 Å². The predicted octanol–water partition coefficient (Wildman–Crippen LogP) is 3.99. The number of nitriles is 1. The van der Waals surface area contributed by atoms with Crippen molar-refractivity contribution in [1.82, 2.24) is 25.0 Å². The van der Waals surface area contributed by atoms with Crippen LogP contribution >= 0.6 is 11.6 Å². The number of nitrogens with two attached hydrogens (primary N) is 1. The average Bonchev–Trinajstić information content (AvgIpc) is 3.59. The van der Waals surface area contributed by atoms with Crippen LogP contribution in [-0.4, -0.2) is 31.1 Å². The Hall–Kier alpha value is -3.95. The summed E-state index contributed by atoms with van der Waals surface area (Å²) in [7, 11) is 1.49. The molecule has 184 valence electrons. The Balaban J connectivity index is 1.82. The zero-order valence-electron chi connectivity index (χ0n) is 18.6. The average molecular weight is 516 g/mol. The molecule has 0 unspecified atom stereocenters. The molecule has 0 amide bonds. The van der Waals surface area contributed by atoms with Crippen LogP contribution in [0.5, 0.6) is 5.75 Å². The largest absolute Gasteiger partial charge is 0.489 e. The first-order chi connectivity index (χ1) is 17.2. The first kappa shape index (κ1) is 23.8. The quantitative estimate of drug-likeness (QED) is 0.396. The van der Waals surface area contributed by atoms with Crippen molar-refractivity contribution in [1.29, 1.82) is 5.26 Å². The van der Waals surface area contributed by atoms with Crippen LogP contribution in [0.4, 0.5) is 13.2 Å². The summed E-state index contributed by atoms with van der Waals surface area (Å²) in [6, 6.07) is 4.57. The van der Waals surface area contributed by atoms with Gasteiger partial charge in [-0.1, -0.05) is 11.6 Å². The van der Waals surface area contributed by atoms with Crippen molar-refractivity contribution in [3.05, 3.63) is 56.5 Å². The summed E-state index contributed by atoms with van der Waals surface area (Å²) < 4.78 is 50.6. The Morgan fingerprint density at radius 2 is 2.14 bits per heavy atom. The molecule has 1 saturated carbocycles. The third-order valence-corrected chi connectivity index (χ3v) is 6.12. The SMILES string of the molecule is Cn1ncc(-c2cc3c(CN)n[nH]c(=O)c3c(C(F)F)n2)c1-c1c(F)c(Cl)cc(OC2CC2)c1C#N. The number of nitrogens with zero attached hydrogens (tertiary/aromatic N) is 5. The van der Waals surface area contributed by atoms with Gasteiger partial charge in [-0.3, -0.25) is 9.48 Å². The molecule has 0 bridgehead atoms. The van der Waals surface area contributed by atoms with Gasteiger partial charge in [-0.05, 0) is 18.9 Å². The lowest BCUT2D eigenvalue weighted by atomic mass is 9.97. The fourth-order valence-electron chi connectivity index (χ4n) is 4.03. The molecule has 3 N–H and O–H groups in total. The minimum absolute atomic E-state index is 0.0454. The van der Waals surface area contributed by atoms with E-state index in [0.29, 0.717) is 0 Å². The van der Waals surface area contributed by atoms with Crippen LogP contribution in [0.3, 0.4) is 0 Å². The number of rotatable bonds is 6. The number of hydrogen-bond acceptors (Lipinski definition) is 7. The van der Waals surface area contributed by atoms with E-state index < -0.39 is 23.5 Å². The summed E-state index contributed by atoms with van der Waals surface area (Å²) in [6.07, 6.45) is -0.337. The molecule has 5 rings (SSSR count). The van der Waals surface area contributed by atoms with Crippen LogP contribution in [0.15, 0.2) is 23.1 Å². The van der Waals surface area contributed by atoms with Gasteiger partial charge in [-0.25, -0.2) is 23.3 Å². The first-order valence-corrected chi connectivity index (χ1v) is 11.1. The number of aromatic nitrogens is 5. The highest BCUT2D eigenvalue weighted by molar-refractivity contribution is 6.31. The van der Waals surface area contributed by atoms with Crippen LogP contribution in [-0.2, 0) is 13.6 Å². The van der Waals surface area contributed by atoms with Gasteiger partial charge in [0.1, 0.15) is 23.1 Å². The molecule has 0 atom stereocenters. The number of hydrogen-bond donors (Lipinski definition) is 2. The summed E-state index contributed by atoms with van der Waals surface area (Å²) >= 11 is 6.15. The van der Waals surface area contributed by atoms with E-state index in [-0.39, 0.29) is 68.0 Å². The topological polar surface area (TPSA) is 136 Å². The van der Waals surface area contributed by atoms with Gasteiger partial charge in [0.15, 0.2) is 5.82 Å². The molecule has 13 heteroatoms. The summed E-state index contributed by atoms with van der Waals surface area (Å²) in [6.45, 7) is -0.150. The van der Waals surface area contributed by atoms with Gasteiger partial charge in [-0.15, -0.1) is 0 Å². The van der Waals surface area contributed by atoms with Crippen LogP contribution in [0.25, 0.3) is 33.3 Å². The van der Waals surface area contributed by atoms with E-state index in [2.05, 4.69) is 20.3 Å². The van der Waals surface area contributed by atoms with Gasteiger partial charge in [0, 0.05) is 30.6 Å². The maximum absolute atomic E-state index is 15.5. The Bertz CT molecular complexity index is 1620. The van der Waals surface area contributed by atoms with Crippen molar-refractivity contribution >= 4 is 22.4 Å². The van der Waals surface area contributed by atoms with Crippen molar-refractivity contribution in [3.63, 3.8) is 0 Å². The van der Waals surface area contributed by atoms with Gasteiger partial charge in [-0.2, -0.15) is 15.5 Å². The van der Waals surface area contributed by atoms with Crippen molar-refractivity contribution in [2.45, 2.75) is 31.9 Å². The van der Waals surface area contributed by atoms with Gasteiger partial charge in [0.2, 0.25) is 0 Å². The maximum atomic E-state index is 15.5. The van der Waals surface area contributed by atoms with Crippen LogP contribution in [0.1, 0.15) is 36.2 Å². The van der Waals surface area contributed by atoms with E-state index >= 15 is 4.39 Å². The molecular formula is C23H17ClF3N7O2. The zero-order valence-corrected chi connectivity index (χ0v) is 19.4. The molecule has 0 radical (unpaired) electrons. The second kappa shape index (κ2) is 8.92. The summed E-state index contributed by atoms with van der Waals surface area (Å²) in [4.78, 5) is 16.4. The first-order valence-electron chi connectivity index (χ1n) is 10.8. The lowest BCUT2D eigenvalue weighted by molar-refractivity contribution is 0.148. The standard InChI is InChI=1S/C23H17ClF3N7O2/c1-34-21(17-11(6-28)16(36-9-2-3-9)5-13(24)19(17)25)12(8-30-34)14-4-10-15(7-29)32-33-23(35)18(10)20(31-14)22(26)27/h4-5,8-9,22H,2-3,7,29H2,1H3,(H,33,35). The molecule has 3 aromatic heterocycles. The number of aryl methyl sites for hydroxylation is 1. The van der Waals surface area contributed by atoms with Crippen molar-refractivity contribution in [3.8, 4) is 34.3 Å². The highest BCUT2D eigenvalue weighted by atomic mass is 35.5. The molecule has 4 aromatic rings. The van der Waals surface area contributed by atoms with E-state index in [4.69, 9.17) is 22.1 Å². The van der Waals surface area contributed by atoms with E-state index in [1.165, 1.54) is 30.1 Å². The van der Waals surface area contributed by atoms with Crippen LogP contribution in [0.2, 0.25) is 5.02 Å². The Kier molecular flexibility index (Phi) is 5.89. The molecule has 1 aromatic carbocycles. The Morgan fingerprint density at radius 1 is 1.39 bits per heavy atom. The summed E-state index contributed by atoms with van der Waals surface area (Å²) in [5.74, 6) is -0.800. The molecule has 3 heterocycles. The molecule has 36 heavy (non-hydrogen) atoms. The number of alkyl halides is 2. The fraction of sp³-hybridized carbons (Fsp3) is 0.261. The highest BCUT2D eigenvalue weighted by Gasteiger charge is 2.30. The minimum Gasteiger partial charge on any atom is -0.489 e. The third-order valence-electron chi connectivity index (χ3n) is 5.84. The van der Waals surface area contributed by atoms with E-state index in [0.717, 1.165) is 12.8 Å². The second-order valence-electron chi connectivity index (χ2n) is 8.20. The maximum Gasteiger partial charge on any atom is 0.281 e. The van der Waals surface area contributed by atoms with Gasteiger partial charge >= 0.3 is 0 Å². The van der Waals surface area contributed by atoms with Gasteiger partial charge < -0.3 is 10.5 Å². The number of ether oxygens (including phenoxy) is 1. The molecule has 9 nitrogen and oxygen atoms in total. The van der Waals surface area contributed by atoms with Crippen molar-refractivity contribution in [2.75, 3.05) is 0 Å². The molecule has 1 fully saturated rings. The summed E-state index contributed by atoms with van der Waals surface area (Å²) in [5.41, 5.74) is 4.05. The number of aromatic amines is 1. The smallest absolute Gasteiger partial charge is 0.281 e. The zero-order chi connectivity index (χ0) is 25.7. The highest BCUT2D eigenvalue weighted by Crippen LogP contribution is 2.43. The molecular weight excluding hydrogens is 499 g/mol. The molecule has 1 aliphatic carbocycles. The van der Waals surface area contributed by atoms with Crippen LogP contribution in [0, 0.1) is 17.1 Å². The number of benzene rings is 1. The van der Waals surface area contributed by atoms with Crippen molar-refractivity contribution < 1.29 is 17.9 Å². The lowest BCUT2D eigenvalue weighted by Gasteiger charge is -2.15. The molecule has 0 spiro atoms. The number of H-pyrrole nitrogens is 1. The third kappa shape index (κ3) is 3.86. The minimum atomic E-state index is -3.11.